The van der Waals surface area contributed by atoms with Crippen LogP contribution in [-0.4, -0.2) is 59.5 Å². The molecule has 0 radical (unpaired) electrons. The van der Waals surface area contributed by atoms with E-state index >= 15 is 0 Å². The minimum absolute atomic E-state index is 0.0453. The monoisotopic (exact) mass is 240 g/mol. The quantitative estimate of drug-likeness (QED) is 0.768. The van der Waals surface area contributed by atoms with Crippen molar-refractivity contribution in [1.29, 1.82) is 0 Å². The second-order valence-corrected chi connectivity index (χ2v) is 5.11. The normalized spacial score (nSPS) is 33.5. The van der Waals surface area contributed by atoms with Gasteiger partial charge in [-0.05, 0) is 19.9 Å². The first-order chi connectivity index (χ1) is 8.04. The summed E-state index contributed by atoms with van der Waals surface area (Å²) in [5, 5.41) is 8.83. The van der Waals surface area contributed by atoms with Gasteiger partial charge in [-0.1, -0.05) is 6.92 Å². The van der Waals surface area contributed by atoms with E-state index in [1.807, 2.05) is 4.90 Å². The van der Waals surface area contributed by atoms with Crippen LogP contribution in [0.2, 0.25) is 0 Å². The van der Waals surface area contributed by atoms with Gasteiger partial charge in [0, 0.05) is 25.7 Å². The molecule has 96 valence electrons. The summed E-state index contributed by atoms with van der Waals surface area (Å²) in [4.78, 5) is 27.0. The number of rotatable bonds is 3. The smallest absolute Gasteiger partial charge is 0.307 e. The molecule has 2 fully saturated rings. The number of aliphatic carboxylic acids is 1. The largest absolute Gasteiger partial charge is 0.481 e. The maximum absolute atomic E-state index is 12.1. The first kappa shape index (κ1) is 12.4. The van der Waals surface area contributed by atoms with E-state index < -0.39 is 11.9 Å². The molecule has 5 nitrogen and oxygen atoms in total. The van der Waals surface area contributed by atoms with E-state index in [0.29, 0.717) is 12.5 Å². The topological polar surface area (TPSA) is 60.9 Å². The Labute approximate surface area is 101 Å². The number of carbonyl (C=O) groups excluding carboxylic acids is 1. The summed E-state index contributed by atoms with van der Waals surface area (Å²) in [6.45, 7) is 4.48. The molecule has 17 heavy (non-hydrogen) atoms. The molecule has 0 aromatic rings. The van der Waals surface area contributed by atoms with Crippen molar-refractivity contribution in [3.63, 3.8) is 0 Å². The first-order valence-electron chi connectivity index (χ1n) is 6.26. The second-order valence-electron chi connectivity index (χ2n) is 5.11. The molecule has 0 bridgehead atoms. The summed E-state index contributed by atoms with van der Waals surface area (Å²) in [7, 11) is 2.08. The Morgan fingerprint density at radius 1 is 1.29 bits per heavy atom. The number of nitrogens with zero attached hydrogens (tertiary/aromatic N) is 2. The Morgan fingerprint density at radius 3 is 2.53 bits per heavy atom. The molecule has 2 aliphatic rings. The lowest BCUT2D eigenvalue weighted by atomic mass is 10.1. The van der Waals surface area contributed by atoms with Gasteiger partial charge in [-0.3, -0.25) is 14.5 Å². The molecule has 3 atom stereocenters. The van der Waals surface area contributed by atoms with Gasteiger partial charge in [0.05, 0.1) is 11.8 Å². The van der Waals surface area contributed by atoms with E-state index in [0.717, 1.165) is 26.1 Å². The van der Waals surface area contributed by atoms with Gasteiger partial charge in [-0.25, -0.2) is 0 Å². The van der Waals surface area contributed by atoms with Crippen LogP contribution in [0.15, 0.2) is 0 Å². The molecule has 1 saturated carbocycles. The summed E-state index contributed by atoms with van der Waals surface area (Å²) in [5.41, 5.74) is 0. The fraction of sp³-hybridized carbons (Fsp3) is 0.833. The van der Waals surface area contributed by atoms with Gasteiger partial charge in [0.2, 0.25) is 5.91 Å². The zero-order valence-corrected chi connectivity index (χ0v) is 10.4. The Balaban J connectivity index is 1.91. The van der Waals surface area contributed by atoms with Crippen molar-refractivity contribution in [3.8, 4) is 0 Å². The Morgan fingerprint density at radius 2 is 2.00 bits per heavy atom. The van der Waals surface area contributed by atoms with Gasteiger partial charge in [0.15, 0.2) is 0 Å². The number of piperazine rings is 1. The minimum atomic E-state index is -0.829. The van der Waals surface area contributed by atoms with E-state index in [-0.39, 0.29) is 11.8 Å². The third-order valence-corrected chi connectivity index (χ3v) is 3.98. The van der Waals surface area contributed by atoms with E-state index in [9.17, 15) is 9.59 Å². The summed E-state index contributed by atoms with van der Waals surface area (Å²) < 4.78 is 0. The first-order valence-corrected chi connectivity index (χ1v) is 6.26. The van der Waals surface area contributed by atoms with E-state index in [1.54, 1.807) is 0 Å². The van der Waals surface area contributed by atoms with Gasteiger partial charge in [0.25, 0.3) is 0 Å². The zero-order valence-electron chi connectivity index (χ0n) is 10.4. The third-order valence-electron chi connectivity index (χ3n) is 3.98. The van der Waals surface area contributed by atoms with E-state index in [4.69, 9.17) is 5.11 Å². The molecule has 0 aromatic carbocycles. The molecule has 1 aliphatic carbocycles. The molecule has 1 saturated heterocycles. The van der Waals surface area contributed by atoms with Crippen LogP contribution in [0.25, 0.3) is 0 Å². The molecule has 1 amide bonds. The Kier molecular flexibility index (Phi) is 3.38. The standard InChI is InChI=1S/C12H20N2O3/c1-3-8-7-14(5-4-13(8)2)11(15)9-6-10(9)12(16)17/h8-10H,3-7H2,1-2H3,(H,16,17). The van der Waals surface area contributed by atoms with Crippen molar-refractivity contribution >= 4 is 11.9 Å². The molecular formula is C12H20N2O3. The van der Waals surface area contributed by atoms with Crippen molar-refractivity contribution in [2.24, 2.45) is 11.8 Å². The van der Waals surface area contributed by atoms with Gasteiger partial charge in [-0.15, -0.1) is 0 Å². The summed E-state index contributed by atoms with van der Waals surface area (Å²) in [5.74, 6) is -1.47. The number of hydrogen-bond acceptors (Lipinski definition) is 3. The van der Waals surface area contributed by atoms with Crippen LogP contribution >= 0.6 is 0 Å². The van der Waals surface area contributed by atoms with Crippen LogP contribution in [0.5, 0.6) is 0 Å². The molecule has 1 N–H and O–H groups in total. The van der Waals surface area contributed by atoms with Crippen LogP contribution in [0.1, 0.15) is 19.8 Å². The fourth-order valence-electron chi connectivity index (χ4n) is 2.56. The summed E-state index contributed by atoms with van der Waals surface area (Å²) >= 11 is 0. The maximum atomic E-state index is 12.1. The molecule has 5 heteroatoms. The Hall–Kier alpha value is -1.10. The maximum Gasteiger partial charge on any atom is 0.307 e. The molecule has 0 spiro atoms. The molecule has 1 heterocycles. The van der Waals surface area contributed by atoms with Crippen molar-refractivity contribution in [2.75, 3.05) is 26.7 Å². The van der Waals surface area contributed by atoms with Crippen molar-refractivity contribution in [1.82, 2.24) is 9.80 Å². The van der Waals surface area contributed by atoms with Crippen molar-refractivity contribution in [2.45, 2.75) is 25.8 Å². The van der Waals surface area contributed by atoms with Crippen molar-refractivity contribution in [3.05, 3.63) is 0 Å². The minimum Gasteiger partial charge on any atom is -0.481 e. The second kappa shape index (κ2) is 4.64. The number of hydrogen-bond donors (Lipinski definition) is 1. The zero-order chi connectivity index (χ0) is 12.6. The van der Waals surface area contributed by atoms with Crippen LogP contribution < -0.4 is 0 Å². The van der Waals surface area contributed by atoms with E-state index in [1.165, 1.54) is 0 Å². The molecule has 2 rings (SSSR count). The average molecular weight is 240 g/mol. The van der Waals surface area contributed by atoms with Crippen LogP contribution in [0.3, 0.4) is 0 Å². The highest BCUT2D eigenvalue weighted by Crippen LogP contribution is 2.40. The van der Waals surface area contributed by atoms with Crippen LogP contribution in [-0.2, 0) is 9.59 Å². The number of carboxylic acids is 1. The third kappa shape index (κ3) is 2.44. The molecule has 3 unspecified atom stereocenters. The number of amides is 1. The predicted octanol–water partition coefficient (Wildman–Crippen LogP) is 0.260. The van der Waals surface area contributed by atoms with Crippen LogP contribution in [0.4, 0.5) is 0 Å². The van der Waals surface area contributed by atoms with E-state index in [2.05, 4.69) is 18.9 Å². The number of carboxylic acid groups (broad SMARTS) is 1. The highest BCUT2D eigenvalue weighted by Gasteiger charge is 2.50. The SMILES string of the molecule is CCC1CN(C(=O)C2CC2C(=O)O)CCN1C. The van der Waals surface area contributed by atoms with Gasteiger partial charge in [0.1, 0.15) is 0 Å². The highest BCUT2D eigenvalue weighted by molar-refractivity contribution is 5.89. The number of likely N-dealkylation sites (N-methyl/N-ethyl adjacent to an activating group) is 1. The summed E-state index contributed by atoms with van der Waals surface area (Å²) in [6, 6.07) is 0.412. The van der Waals surface area contributed by atoms with Crippen molar-refractivity contribution < 1.29 is 14.7 Å². The van der Waals surface area contributed by atoms with Gasteiger partial charge in [-0.2, -0.15) is 0 Å². The molecular weight excluding hydrogens is 220 g/mol. The fourth-order valence-corrected chi connectivity index (χ4v) is 2.56. The lowest BCUT2D eigenvalue weighted by Crippen LogP contribution is -2.53. The van der Waals surface area contributed by atoms with Crippen LogP contribution in [0, 0.1) is 11.8 Å². The van der Waals surface area contributed by atoms with Gasteiger partial charge < -0.3 is 10.0 Å². The molecule has 0 aromatic heterocycles. The highest BCUT2D eigenvalue weighted by atomic mass is 16.4. The number of carbonyl (C=O) groups is 2. The Bertz CT molecular complexity index is 332. The summed E-state index contributed by atoms with van der Waals surface area (Å²) in [6.07, 6.45) is 1.55. The lowest BCUT2D eigenvalue weighted by molar-refractivity contribution is -0.142. The predicted molar refractivity (Wildman–Crippen MR) is 62.5 cm³/mol. The van der Waals surface area contributed by atoms with Gasteiger partial charge >= 0.3 is 5.97 Å². The average Bonchev–Trinajstić information content (AvgIpc) is 3.08. The lowest BCUT2D eigenvalue weighted by Gasteiger charge is -2.39. The molecule has 1 aliphatic heterocycles.